The topological polar surface area (TPSA) is 41.6 Å². The summed E-state index contributed by atoms with van der Waals surface area (Å²) < 4.78 is 5.34. The molecule has 0 aromatic rings. The molecule has 1 aliphatic heterocycles. The molecule has 110 valence electrons. The average Bonchev–Trinajstić information content (AvgIpc) is 3.02. The third kappa shape index (κ3) is 3.29. The molecule has 4 heteroatoms. The van der Waals surface area contributed by atoms with E-state index in [9.17, 15) is 4.79 Å². The summed E-state index contributed by atoms with van der Waals surface area (Å²) in [4.78, 5) is 14.6. The van der Waals surface area contributed by atoms with Gasteiger partial charge in [0.05, 0.1) is 18.3 Å². The Morgan fingerprint density at radius 1 is 1.42 bits per heavy atom. The Balaban J connectivity index is 2.06. The number of amides is 1. The Hall–Kier alpha value is -0.610. The van der Waals surface area contributed by atoms with E-state index in [4.69, 9.17) is 4.74 Å². The number of ether oxygens (including phenoxy) is 1. The molecule has 0 aromatic carbocycles. The molecule has 0 bridgehead atoms. The molecular formula is C15H28N2O2. The summed E-state index contributed by atoms with van der Waals surface area (Å²) >= 11 is 0. The molecule has 19 heavy (non-hydrogen) atoms. The van der Waals surface area contributed by atoms with Gasteiger partial charge in [-0.05, 0) is 32.1 Å². The van der Waals surface area contributed by atoms with Crippen molar-refractivity contribution in [3.05, 3.63) is 0 Å². The van der Waals surface area contributed by atoms with Gasteiger partial charge in [0.15, 0.2) is 0 Å². The zero-order chi connectivity index (χ0) is 13.8. The Labute approximate surface area is 116 Å². The summed E-state index contributed by atoms with van der Waals surface area (Å²) in [5.41, 5.74) is 0. The predicted octanol–water partition coefficient (Wildman–Crippen LogP) is 2.14. The molecule has 1 amide bonds. The molecule has 3 atom stereocenters. The number of hydrogen-bond acceptors (Lipinski definition) is 3. The van der Waals surface area contributed by atoms with E-state index in [-0.39, 0.29) is 24.2 Å². The van der Waals surface area contributed by atoms with Crippen LogP contribution in [0.4, 0.5) is 0 Å². The van der Waals surface area contributed by atoms with Crippen molar-refractivity contribution in [3.63, 3.8) is 0 Å². The monoisotopic (exact) mass is 268 g/mol. The number of nitrogens with one attached hydrogen (secondary N) is 1. The van der Waals surface area contributed by atoms with E-state index in [0.717, 1.165) is 12.8 Å². The molecule has 0 aromatic heterocycles. The van der Waals surface area contributed by atoms with Gasteiger partial charge in [-0.15, -0.1) is 0 Å². The lowest BCUT2D eigenvalue weighted by Crippen LogP contribution is -2.45. The maximum absolute atomic E-state index is 12.5. The quantitative estimate of drug-likeness (QED) is 0.802. The summed E-state index contributed by atoms with van der Waals surface area (Å²) in [6.45, 7) is 4.88. The van der Waals surface area contributed by atoms with Crippen LogP contribution in [0.25, 0.3) is 0 Å². The molecule has 1 N–H and O–H groups in total. The van der Waals surface area contributed by atoms with Gasteiger partial charge in [0.25, 0.3) is 0 Å². The highest BCUT2D eigenvalue weighted by Crippen LogP contribution is 2.32. The Bertz CT molecular complexity index is 303. The Morgan fingerprint density at radius 2 is 2.11 bits per heavy atom. The van der Waals surface area contributed by atoms with Crippen molar-refractivity contribution in [3.8, 4) is 0 Å². The highest BCUT2D eigenvalue weighted by molar-refractivity contribution is 5.84. The molecule has 3 unspecified atom stereocenters. The molecule has 0 radical (unpaired) electrons. The normalized spacial score (nSPS) is 30.3. The van der Waals surface area contributed by atoms with Crippen LogP contribution in [0.5, 0.6) is 0 Å². The Morgan fingerprint density at radius 3 is 2.68 bits per heavy atom. The number of hydrogen-bond donors (Lipinski definition) is 1. The predicted molar refractivity (Wildman–Crippen MR) is 75.8 cm³/mol. The first-order valence-electron chi connectivity index (χ1n) is 7.76. The van der Waals surface area contributed by atoms with Crippen LogP contribution in [0.3, 0.4) is 0 Å². The molecular weight excluding hydrogens is 240 g/mol. The van der Waals surface area contributed by atoms with Gasteiger partial charge < -0.3 is 9.64 Å². The van der Waals surface area contributed by atoms with Crippen LogP contribution in [0.1, 0.15) is 52.4 Å². The van der Waals surface area contributed by atoms with Gasteiger partial charge in [-0.25, -0.2) is 0 Å². The second-order valence-corrected chi connectivity index (χ2v) is 6.03. The average molecular weight is 268 g/mol. The van der Waals surface area contributed by atoms with E-state index in [0.29, 0.717) is 12.5 Å². The summed E-state index contributed by atoms with van der Waals surface area (Å²) in [5.74, 6) is 0.914. The van der Waals surface area contributed by atoms with E-state index in [1.165, 1.54) is 25.7 Å². The molecule has 4 nitrogen and oxygen atoms in total. The zero-order valence-corrected chi connectivity index (χ0v) is 12.5. The fraction of sp³-hybridized carbons (Fsp3) is 0.933. The second-order valence-electron chi connectivity index (χ2n) is 6.03. The van der Waals surface area contributed by atoms with Crippen LogP contribution in [-0.4, -0.2) is 42.8 Å². The molecule has 1 saturated carbocycles. The SMILES string of the molecule is CCCC1NC(C2CCCC2)N(CC(C)OC)C1=O. The number of carbonyl (C=O) groups is 1. The van der Waals surface area contributed by atoms with Gasteiger partial charge in [0, 0.05) is 13.7 Å². The van der Waals surface area contributed by atoms with Crippen molar-refractivity contribution >= 4 is 5.91 Å². The minimum absolute atomic E-state index is 0.0275. The smallest absolute Gasteiger partial charge is 0.241 e. The first kappa shape index (κ1) is 14.8. The third-order valence-corrected chi connectivity index (χ3v) is 4.57. The molecule has 1 saturated heterocycles. The van der Waals surface area contributed by atoms with E-state index in [2.05, 4.69) is 12.2 Å². The second kappa shape index (κ2) is 6.71. The van der Waals surface area contributed by atoms with Crippen molar-refractivity contribution in [2.45, 2.75) is 70.7 Å². The summed E-state index contributed by atoms with van der Waals surface area (Å²) in [5, 5.41) is 3.58. The molecule has 2 fully saturated rings. The Kier molecular flexibility index (Phi) is 5.22. The standard InChI is InChI=1S/C15H28N2O2/c1-4-7-13-15(18)17(10-11(2)19-3)14(16-13)12-8-5-6-9-12/h11-14,16H,4-10H2,1-3H3. The van der Waals surface area contributed by atoms with Crippen LogP contribution in [0.15, 0.2) is 0 Å². The van der Waals surface area contributed by atoms with Crippen molar-refractivity contribution in [1.82, 2.24) is 10.2 Å². The number of methoxy groups -OCH3 is 1. The van der Waals surface area contributed by atoms with Crippen molar-refractivity contribution in [2.75, 3.05) is 13.7 Å². The maximum Gasteiger partial charge on any atom is 0.241 e. The van der Waals surface area contributed by atoms with Crippen LogP contribution in [-0.2, 0) is 9.53 Å². The molecule has 1 aliphatic carbocycles. The minimum Gasteiger partial charge on any atom is -0.380 e. The minimum atomic E-state index is 0.0275. The van der Waals surface area contributed by atoms with E-state index in [1.807, 2.05) is 11.8 Å². The highest BCUT2D eigenvalue weighted by Gasteiger charge is 2.42. The maximum atomic E-state index is 12.5. The highest BCUT2D eigenvalue weighted by atomic mass is 16.5. The van der Waals surface area contributed by atoms with Gasteiger partial charge in [0.2, 0.25) is 5.91 Å². The van der Waals surface area contributed by atoms with Crippen LogP contribution in [0, 0.1) is 5.92 Å². The fourth-order valence-corrected chi connectivity index (χ4v) is 3.42. The van der Waals surface area contributed by atoms with Gasteiger partial charge >= 0.3 is 0 Å². The summed E-state index contributed by atoms with van der Waals surface area (Å²) in [7, 11) is 1.72. The van der Waals surface area contributed by atoms with Gasteiger partial charge in [0.1, 0.15) is 0 Å². The van der Waals surface area contributed by atoms with E-state index < -0.39 is 0 Å². The van der Waals surface area contributed by atoms with E-state index >= 15 is 0 Å². The molecule has 1 heterocycles. The first-order chi connectivity index (χ1) is 9.17. The van der Waals surface area contributed by atoms with Gasteiger partial charge in [-0.2, -0.15) is 0 Å². The molecule has 0 spiro atoms. The zero-order valence-electron chi connectivity index (χ0n) is 12.5. The fourth-order valence-electron chi connectivity index (χ4n) is 3.42. The van der Waals surface area contributed by atoms with E-state index in [1.54, 1.807) is 7.11 Å². The molecule has 2 aliphatic rings. The third-order valence-electron chi connectivity index (χ3n) is 4.57. The van der Waals surface area contributed by atoms with Crippen LogP contribution in [0.2, 0.25) is 0 Å². The number of rotatable bonds is 6. The first-order valence-corrected chi connectivity index (χ1v) is 7.76. The van der Waals surface area contributed by atoms with Crippen LogP contribution >= 0.6 is 0 Å². The number of nitrogens with zero attached hydrogens (tertiary/aromatic N) is 1. The van der Waals surface area contributed by atoms with Crippen molar-refractivity contribution in [1.29, 1.82) is 0 Å². The van der Waals surface area contributed by atoms with Gasteiger partial charge in [-0.1, -0.05) is 26.2 Å². The summed E-state index contributed by atoms with van der Waals surface area (Å²) in [6.07, 6.45) is 7.46. The molecule has 2 rings (SSSR count). The summed E-state index contributed by atoms with van der Waals surface area (Å²) in [6, 6.07) is 0.0275. The number of carbonyl (C=O) groups excluding carboxylic acids is 1. The van der Waals surface area contributed by atoms with Gasteiger partial charge in [-0.3, -0.25) is 10.1 Å². The lowest BCUT2D eigenvalue weighted by atomic mass is 10.0. The lowest BCUT2D eigenvalue weighted by Gasteiger charge is -2.30. The van der Waals surface area contributed by atoms with Crippen molar-refractivity contribution < 1.29 is 9.53 Å². The lowest BCUT2D eigenvalue weighted by molar-refractivity contribution is -0.132. The van der Waals surface area contributed by atoms with Crippen LogP contribution < -0.4 is 5.32 Å². The largest absolute Gasteiger partial charge is 0.380 e. The van der Waals surface area contributed by atoms with Crippen molar-refractivity contribution in [2.24, 2.45) is 5.92 Å².